The van der Waals surface area contributed by atoms with E-state index >= 15 is 0 Å². The van der Waals surface area contributed by atoms with Crippen LogP contribution in [-0.2, 0) is 0 Å². The second-order valence-electron chi connectivity index (χ2n) is 5.57. The number of hydrogen-bond acceptors (Lipinski definition) is 3. The highest BCUT2D eigenvalue weighted by atomic mass is 16.4. The molecule has 0 bridgehead atoms. The fourth-order valence-electron chi connectivity index (χ4n) is 2.44. The predicted molar refractivity (Wildman–Crippen MR) is 83.4 cm³/mol. The Morgan fingerprint density at radius 1 is 1.00 bits per heavy atom. The van der Waals surface area contributed by atoms with Gasteiger partial charge in [0.05, 0.1) is 11.6 Å². The first-order valence-electron chi connectivity index (χ1n) is 7.03. The standard InChI is InChI=1S/C17H18N2O2/c1-10(2)11-3-5-12(6-4-11)16(18)13-7-8-14-15(9-13)21-17(20)19-14/h3-10,16H,18H2,1-2H3,(H,19,20). The maximum absolute atomic E-state index is 11.2. The van der Waals surface area contributed by atoms with Crippen LogP contribution in [0, 0.1) is 0 Å². The number of aromatic nitrogens is 1. The summed E-state index contributed by atoms with van der Waals surface area (Å²) in [5.74, 6) is 0.0535. The number of benzene rings is 2. The molecule has 0 fully saturated rings. The van der Waals surface area contributed by atoms with Gasteiger partial charge in [0, 0.05) is 0 Å². The zero-order chi connectivity index (χ0) is 15.0. The number of fused-ring (bicyclic) bond motifs is 1. The van der Waals surface area contributed by atoms with Crippen molar-refractivity contribution in [1.29, 1.82) is 0 Å². The van der Waals surface area contributed by atoms with Crippen molar-refractivity contribution in [2.24, 2.45) is 5.73 Å². The van der Waals surface area contributed by atoms with Gasteiger partial charge in [-0.15, -0.1) is 0 Å². The van der Waals surface area contributed by atoms with Crippen molar-refractivity contribution in [2.75, 3.05) is 0 Å². The van der Waals surface area contributed by atoms with Gasteiger partial charge in [0.25, 0.3) is 0 Å². The lowest BCUT2D eigenvalue weighted by Crippen LogP contribution is -2.11. The lowest BCUT2D eigenvalue weighted by Gasteiger charge is -2.14. The second kappa shape index (κ2) is 5.22. The average Bonchev–Trinajstić information content (AvgIpc) is 2.85. The first-order chi connectivity index (χ1) is 10.0. The topological polar surface area (TPSA) is 72.0 Å². The van der Waals surface area contributed by atoms with Crippen molar-refractivity contribution < 1.29 is 4.42 Å². The molecule has 4 nitrogen and oxygen atoms in total. The van der Waals surface area contributed by atoms with E-state index in [0.717, 1.165) is 11.1 Å². The third-order valence-corrected chi connectivity index (χ3v) is 3.77. The Kier molecular flexibility index (Phi) is 3.39. The van der Waals surface area contributed by atoms with Gasteiger partial charge in [0.1, 0.15) is 0 Å². The van der Waals surface area contributed by atoms with Gasteiger partial charge in [-0.1, -0.05) is 44.2 Å². The molecule has 0 saturated heterocycles. The smallest absolute Gasteiger partial charge is 0.408 e. The minimum atomic E-state index is -0.447. The fraction of sp³-hybridized carbons (Fsp3) is 0.235. The Bertz CT molecular complexity index is 813. The fourth-order valence-corrected chi connectivity index (χ4v) is 2.44. The van der Waals surface area contributed by atoms with Gasteiger partial charge in [-0.05, 0) is 34.7 Å². The van der Waals surface area contributed by atoms with E-state index in [2.05, 4.69) is 43.1 Å². The number of nitrogens with two attached hydrogens (primary N) is 1. The summed E-state index contributed by atoms with van der Waals surface area (Å²) in [7, 11) is 0. The number of hydrogen-bond donors (Lipinski definition) is 2. The molecule has 0 aliphatic rings. The molecule has 0 radical (unpaired) electrons. The second-order valence-corrected chi connectivity index (χ2v) is 5.57. The quantitative estimate of drug-likeness (QED) is 0.774. The van der Waals surface area contributed by atoms with Gasteiger partial charge in [-0.25, -0.2) is 4.79 Å². The van der Waals surface area contributed by atoms with Crippen molar-refractivity contribution in [2.45, 2.75) is 25.8 Å². The summed E-state index contributed by atoms with van der Waals surface area (Å²) >= 11 is 0. The molecule has 108 valence electrons. The van der Waals surface area contributed by atoms with Gasteiger partial charge >= 0.3 is 5.76 Å². The Balaban J connectivity index is 1.95. The van der Waals surface area contributed by atoms with Crippen molar-refractivity contribution in [3.63, 3.8) is 0 Å². The Morgan fingerprint density at radius 2 is 1.62 bits per heavy atom. The van der Waals surface area contributed by atoms with E-state index in [1.54, 1.807) is 0 Å². The number of aromatic amines is 1. The average molecular weight is 282 g/mol. The summed E-state index contributed by atoms with van der Waals surface area (Å²) in [6, 6.07) is 13.6. The molecular formula is C17H18N2O2. The molecule has 21 heavy (non-hydrogen) atoms. The first-order valence-corrected chi connectivity index (χ1v) is 7.03. The van der Waals surface area contributed by atoms with Crippen molar-refractivity contribution >= 4 is 11.1 Å². The van der Waals surface area contributed by atoms with Crippen LogP contribution in [0.15, 0.2) is 51.7 Å². The number of rotatable bonds is 3. The molecule has 0 amide bonds. The maximum Gasteiger partial charge on any atom is 0.417 e. The van der Waals surface area contributed by atoms with Gasteiger partial charge in [0.2, 0.25) is 0 Å². The van der Waals surface area contributed by atoms with E-state index in [9.17, 15) is 4.79 Å². The molecule has 1 heterocycles. The maximum atomic E-state index is 11.2. The van der Waals surface area contributed by atoms with E-state index in [1.807, 2.05) is 18.2 Å². The predicted octanol–water partition coefficient (Wildman–Crippen LogP) is 3.29. The van der Waals surface area contributed by atoms with E-state index in [4.69, 9.17) is 10.2 Å². The molecule has 3 rings (SSSR count). The highest BCUT2D eigenvalue weighted by Gasteiger charge is 2.11. The minimum Gasteiger partial charge on any atom is -0.408 e. The summed E-state index contributed by atoms with van der Waals surface area (Å²) in [5, 5.41) is 0. The Morgan fingerprint density at radius 3 is 2.29 bits per heavy atom. The van der Waals surface area contributed by atoms with Gasteiger partial charge in [0.15, 0.2) is 5.58 Å². The minimum absolute atomic E-state index is 0.240. The third-order valence-electron chi connectivity index (χ3n) is 3.77. The van der Waals surface area contributed by atoms with Gasteiger partial charge < -0.3 is 10.2 Å². The van der Waals surface area contributed by atoms with Crippen molar-refractivity contribution in [3.8, 4) is 0 Å². The van der Waals surface area contributed by atoms with Crippen LogP contribution in [0.25, 0.3) is 11.1 Å². The summed E-state index contributed by atoms with van der Waals surface area (Å²) in [6.45, 7) is 4.33. The molecule has 2 aromatic carbocycles. The Labute approximate surface area is 122 Å². The summed E-state index contributed by atoms with van der Waals surface area (Å²) in [5.41, 5.74) is 10.8. The summed E-state index contributed by atoms with van der Waals surface area (Å²) in [6.07, 6.45) is 0. The number of oxazole rings is 1. The van der Waals surface area contributed by atoms with E-state index in [0.29, 0.717) is 17.0 Å². The molecule has 0 saturated carbocycles. The molecule has 0 spiro atoms. The van der Waals surface area contributed by atoms with E-state index in [1.165, 1.54) is 5.56 Å². The van der Waals surface area contributed by atoms with Crippen LogP contribution in [0.2, 0.25) is 0 Å². The monoisotopic (exact) mass is 282 g/mol. The van der Waals surface area contributed by atoms with Crippen LogP contribution >= 0.6 is 0 Å². The van der Waals surface area contributed by atoms with E-state index < -0.39 is 5.76 Å². The number of H-pyrrole nitrogens is 1. The van der Waals surface area contributed by atoms with Gasteiger partial charge in [-0.3, -0.25) is 4.98 Å². The van der Waals surface area contributed by atoms with Crippen LogP contribution in [0.1, 0.15) is 42.5 Å². The summed E-state index contributed by atoms with van der Waals surface area (Å²) in [4.78, 5) is 13.8. The zero-order valence-electron chi connectivity index (χ0n) is 12.1. The molecule has 1 atom stereocenters. The van der Waals surface area contributed by atoms with Crippen molar-refractivity contribution in [3.05, 3.63) is 69.7 Å². The van der Waals surface area contributed by atoms with Crippen LogP contribution in [-0.4, -0.2) is 4.98 Å². The molecule has 4 heteroatoms. The van der Waals surface area contributed by atoms with E-state index in [-0.39, 0.29) is 6.04 Å². The number of nitrogens with one attached hydrogen (secondary N) is 1. The van der Waals surface area contributed by atoms with Crippen molar-refractivity contribution in [1.82, 2.24) is 4.98 Å². The largest absolute Gasteiger partial charge is 0.417 e. The molecule has 0 aliphatic carbocycles. The third kappa shape index (κ3) is 2.62. The van der Waals surface area contributed by atoms with Crippen LogP contribution < -0.4 is 11.5 Å². The molecule has 1 aromatic heterocycles. The summed E-state index contributed by atoms with van der Waals surface area (Å²) < 4.78 is 5.08. The lowest BCUT2D eigenvalue weighted by atomic mass is 9.96. The normalized spacial score (nSPS) is 13.0. The first kappa shape index (κ1) is 13.6. The molecule has 1 unspecified atom stereocenters. The highest BCUT2D eigenvalue weighted by molar-refractivity contribution is 5.73. The van der Waals surface area contributed by atoms with Crippen LogP contribution in [0.4, 0.5) is 0 Å². The lowest BCUT2D eigenvalue weighted by molar-refractivity contribution is 0.555. The van der Waals surface area contributed by atoms with Gasteiger partial charge in [-0.2, -0.15) is 0 Å². The molecule has 3 N–H and O–H groups in total. The SMILES string of the molecule is CC(C)c1ccc(C(N)c2ccc3[nH]c(=O)oc3c2)cc1. The highest BCUT2D eigenvalue weighted by Crippen LogP contribution is 2.24. The van der Waals surface area contributed by atoms with Crippen LogP contribution in [0.5, 0.6) is 0 Å². The molecule has 3 aromatic rings. The molecular weight excluding hydrogens is 264 g/mol. The Hall–Kier alpha value is -2.33. The molecule has 0 aliphatic heterocycles. The van der Waals surface area contributed by atoms with Crippen LogP contribution in [0.3, 0.4) is 0 Å². The zero-order valence-corrected chi connectivity index (χ0v) is 12.1.